The molecule has 5 heteroatoms. The summed E-state index contributed by atoms with van der Waals surface area (Å²) < 4.78 is 0. The molecule has 112 valence electrons. The van der Waals surface area contributed by atoms with Crippen molar-refractivity contribution >= 4 is 18.3 Å². The van der Waals surface area contributed by atoms with E-state index in [0.717, 1.165) is 11.1 Å². The molecule has 0 saturated carbocycles. The zero-order chi connectivity index (χ0) is 14.2. The lowest BCUT2D eigenvalue weighted by Gasteiger charge is -2.22. The van der Waals surface area contributed by atoms with Crippen molar-refractivity contribution in [3.05, 3.63) is 66.0 Å². The van der Waals surface area contributed by atoms with Crippen LogP contribution in [0.2, 0.25) is 0 Å². The second-order valence-corrected chi connectivity index (χ2v) is 4.63. The van der Waals surface area contributed by atoms with E-state index in [1.807, 2.05) is 42.5 Å². The Bertz CT molecular complexity index is 534. The second-order valence-electron chi connectivity index (χ2n) is 4.63. The molecule has 2 aromatic rings. The van der Waals surface area contributed by atoms with Crippen molar-refractivity contribution in [3.8, 4) is 0 Å². The maximum absolute atomic E-state index is 12.3. The van der Waals surface area contributed by atoms with Crippen LogP contribution < -0.4 is 5.73 Å². The third-order valence-corrected chi connectivity index (χ3v) is 3.05. The SMILES string of the molecule is Cl.NCCN(Cc1ccccc1)C(=O)Cc1cccnc1. The highest BCUT2D eigenvalue weighted by atomic mass is 35.5. The Labute approximate surface area is 131 Å². The summed E-state index contributed by atoms with van der Waals surface area (Å²) >= 11 is 0. The van der Waals surface area contributed by atoms with Crippen molar-refractivity contribution in [2.45, 2.75) is 13.0 Å². The quantitative estimate of drug-likeness (QED) is 0.888. The molecule has 0 aliphatic carbocycles. The third-order valence-electron chi connectivity index (χ3n) is 3.05. The number of rotatable bonds is 6. The van der Waals surface area contributed by atoms with Crippen LogP contribution >= 0.6 is 12.4 Å². The van der Waals surface area contributed by atoms with Crippen molar-refractivity contribution in [2.24, 2.45) is 5.73 Å². The normalized spacial score (nSPS) is 9.76. The van der Waals surface area contributed by atoms with Gasteiger partial charge in [-0.25, -0.2) is 0 Å². The minimum atomic E-state index is 0. The van der Waals surface area contributed by atoms with Crippen molar-refractivity contribution in [2.75, 3.05) is 13.1 Å². The van der Waals surface area contributed by atoms with Gasteiger partial charge in [-0.2, -0.15) is 0 Å². The van der Waals surface area contributed by atoms with E-state index in [4.69, 9.17) is 5.73 Å². The van der Waals surface area contributed by atoms with Crippen LogP contribution in [0.15, 0.2) is 54.9 Å². The van der Waals surface area contributed by atoms with E-state index >= 15 is 0 Å². The van der Waals surface area contributed by atoms with Gasteiger partial charge in [-0.3, -0.25) is 9.78 Å². The van der Waals surface area contributed by atoms with E-state index in [-0.39, 0.29) is 18.3 Å². The van der Waals surface area contributed by atoms with Gasteiger partial charge in [-0.15, -0.1) is 12.4 Å². The Morgan fingerprint density at radius 3 is 2.43 bits per heavy atom. The first-order chi connectivity index (χ1) is 9.79. The van der Waals surface area contributed by atoms with E-state index in [1.54, 1.807) is 17.3 Å². The molecule has 0 fully saturated rings. The lowest BCUT2D eigenvalue weighted by molar-refractivity contribution is -0.131. The molecule has 0 aliphatic rings. The molecular formula is C16H20ClN3O. The number of hydrogen-bond donors (Lipinski definition) is 1. The molecule has 4 nitrogen and oxygen atoms in total. The van der Waals surface area contributed by atoms with Gasteiger partial charge in [0.2, 0.25) is 5.91 Å². The van der Waals surface area contributed by atoms with E-state index in [9.17, 15) is 4.79 Å². The molecule has 1 amide bonds. The number of halogens is 1. The van der Waals surface area contributed by atoms with Gasteiger partial charge in [0.25, 0.3) is 0 Å². The molecule has 0 atom stereocenters. The number of amides is 1. The number of carbonyl (C=O) groups excluding carboxylic acids is 1. The largest absolute Gasteiger partial charge is 0.337 e. The third kappa shape index (κ3) is 5.53. The molecule has 1 heterocycles. The number of carbonyl (C=O) groups is 1. The monoisotopic (exact) mass is 305 g/mol. The summed E-state index contributed by atoms with van der Waals surface area (Å²) in [5.41, 5.74) is 7.64. The van der Waals surface area contributed by atoms with E-state index in [2.05, 4.69) is 4.98 Å². The first kappa shape index (κ1) is 17.1. The van der Waals surface area contributed by atoms with Crippen LogP contribution in [0, 0.1) is 0 Å². The Kier molecular flexibility index (Phi) is 7.43. The molecule has 0 bridgehead atoms. The van der Waals surface area contributed by atoms with Gasteiger partial charge in [0.1, 0.15) is 0 Å². The van der Waals surface area contributed by atoms with Crippen LogP contribution in [0.1, 0.15) is 11.1 Å². The zero-order valence-corrected chi connectivity index (χ0v) is 12.6. The van der Waals surface area contributed by atoms with Crippen LogP contribution in [0.25, 0.3) is 0 Å². The highest BCUT2D eigenvalue weighted by molar-refractivity contribution is 5.85. The highest BCUT2D eigenvalue weighted by Gasteiger charge is 2.13. The topological polar surface area (TPSA) is 59.2 Å². The van der Waals surface area contributed by atoms with Gasteiger partial charge in [0.15, 0.2) is 0 Å². The number of aromatic nitrogens is 1. The molecule has 0 radical (unpaired) electrons. The molecule has 0 saturated heterocycles. The molecule has 0 aliphatic heterocycles. The molecule has 21 heavy (non-hydrogen) atoms. The summed E-state index contributed by atoms with van der Waals surface area (Å²) in [5.74, 6) is 0.0762. The Balaban J connectivity index is 0.00000220. The first-order valence-corrected chi connectivity index (χ1v) is 6.70. The Hall–Kier alpha value is -1.91. The predicted molar refractivity (Wildman–Crippen MR) is 86.1 cm³/mol. The van der Waals surface area contributed by atoms with E-state index in [1.165, 1.54) is 0 Å². The molecule has 1 aromatic heterocycles. The Morgan fingerprint density at radius 1 is 1.10 bits per heavy atom. The van der Waals surface area contributed by atoms with Gasteiger partial charge >= 0.3 is 0 Å². The number of hydrogen-bond acceptors (Lipinski definition) is 3. The van der Waals surface area contributed by atoms with E-state index < -0.39 is 0 Å². The van der Waals surface area contributed by atoms with Gasteiger partial charge in [0.05, 0.1) is 6.42 Å². The first-order valence-electron chi connectivity index (χ1n) is 6.70. The molecule has 1 aromatic carbocycles. The van der Waals surface area contributed by atoms with Crippen molar-refractivity contribution in [1.29, 1.82) is 0 Å². The van der Waals surface area contributed by atoms with Gasteiger partial charge < -0.3 is 10.6 Å². The molecule has 2 rings (SSSR count). The maximum atomic E-state index is 12.3. The van der Waals surface area contributed by atoms with Gasteiger partial charge in [0, 0.05) is 32.0 Å². The summed E-state index contributed by atoms with van der Waals surface area (Å²) in [4.78, 5) is 18.2. The molecule has 0 unspecified atom stereocenters. The molecule has 0 spiro atoms. The van der Waals surface area contributed by atoms with Crippen molar-refractivity contribution in [1.82, 2.24) is 9.88 Å². The summed E-state index contributed by atoms with van der Waals surface area (Å²) in [6, 6.07) is 13.7. The molecular weight excluding hydrogens is 286 g/mol. The van der Waals surface area contributed by atoms with Crippen LogP contribution in [-0.2, 0) is 17.8 Å². The lowest BCUT2D eigenvalue weighted by atomic mass is 10.1. The van der Waals surface area contributed by atoms with Crippen LogP contribution in [-0.4, -0.2) is 28.9 Å². The predicted octanol–water partition coefficient (Wildman–Crippen LogP) is 2.03. The lowest BCUT2D eigenvalue weighted by Crippen LogP contribution is -2.35. The zero-order valence-electron chi connectivity index (χ0n) is 11.8. The summed E-state index contributed by atoms with van der Waals surface area (Å²) in [6.45, 7) is 1.62. The maximum Gasteiger partial charge on any atom is 0.227 e. The number of nitrogens with zero attached hydrogens (tertiary/aromatic N) is 2. The fourth-order valence-electron chi connectivity index (χ4n) is 2.04. The fourth-order valence-corrected chi connectivity index (χ4v) is 2.04. The van der Waals surface area contributed by atoms with Crippen LogP contribution in [0.4, 0.5) is 0 Å². The summed E-state index contributed by atoms with van der Waals surface area (Å²) in [6.07, 6.45) is 3.79. The van der Waals surface area contributed by atoms with Crippen LogP contribution in [0.3, 0.4) is 0 Å². The highest BCUT2D eigenvalue weighted by Crippen LogP contribution is 2.07. The summed E-state index contributed by atoms with van der Waals surface area (Å²) in [5, 5.41) is 0. The van der Waals surface area contributed by atoms with Crippen molar-refractivity contribution in [3.63, 3.8) is 0 Å². The number of nitrogens with two attached hydrogens (primary N) is 1. The van der Waals surface area contributed by atoms with Gasteiger partial charge in [-0.05, 0) is 17.2 Å². The van der Waals surface area contributed by atoms with Crippen LogP contribution in [0.5, 0.6) is 0 Å². The number of pyridine rings is 1. The van der Waals surface area contributed by atoms with Gasteiger partial charge in [-0.1, -0.05) is 36.4 Å². The van der Waals surface area contributed by atoms with Crippen molar-refractivity contribution < 1.29 is 4.79 Å². The number of benzene rings is 1. The van der Waals surface area contributed by atoms with E-state index in [0.29, 0.717) is 26.1 Å². The fraction of sp³-hybridized carbons (Fsp3) is 0.250. The standard InChI is InChI=1S/C16H19N3O.ClH/c17-8-10-19(13-14-5-2-1-3-6-14)16(20)11-15-7-4-9-18-12-15;/h1-7,9,12H,8,10-11,13,17H2;1H. The average Bonchev–Trinajstić information content (AvgIpc) is 2.49. The minimum absolute atomic E-state index is 0. The Morgan fingerprint density at radius 2 is 1.81 bits per heavy atom. The molecule has 2 N–H and O–H groups in total. The summed E-state index contributed by atoms with van der Waals surface area (Å²) in [7, 11) is 0. The smallest absolute Gasteiger partial charge is 0.227 e. The minimum Gasteiger partial charge on any atom is -0.337 e. The average molecular weight is 306 g/mol. The second kappa shape index (κ2) is 9.10.